The third kappa shape index (κ3) is 4.64. The molecule has 0 heterocycles. The molecule has 1 rings (SSSR count). The molecular formula is C14H25FO2. The van der Waals surface area contributed by atoms with Crippen LogP contribution in [0.25, 0.3) is 0 Å². The van der Waals surface area contributed by atoms with Gasteiger partial charge in [-0.15, -0.1) is 0 Å². The number of ether oxygens (including phenoxy) is 1. The van der Waals surface area contributed by atoms with Crippen LogP contribution >= 0.6 is 0 Å². The summed E-state index contributed by atoms with van der Waals surface area (Å²) in [5, 5.41) is 0. The standard InChI is InChI=1S/C14H25FO2/c1-4-5-10-17-13(16)11-6-8-12(9-7-11)14(2,3)15/h11-12H,4-10H2,1-3H3. The average molecular weight is 244 g/mol. The van der Waals surface area contributed by atoms with Gasteiger partial charge in [0.1, 0.15) is 5.67 Å². The molecule has 0 N–H and O–H groups in total. The molecule has 0 aromatic heterocycles. The Morgan fingerprint density at radius 3 is 2.35 bits per heavy atom. The van der Waals surface area contributed by atoms with Gasteiger partial charge in [0.15, 0.2) is 0 Å². The first kappa shape index (κ1) is 14.5. The van der Waals surface area contributed by atoms with Crippen molar-refractivity contribution in [2.75, 3.05) is 6.61 Å². The molecule has 3 heteroatoms. The minimum atomic E-state index is -1.11. The van der Waals surface area contributed by atoms with Gasteiger partial charge in [0.05, 0.1) is 12.5 Å². The Morgan fingerprint density at radius 1 is 1.29 bits per heavy atom. The highest BCUT2D eigenvalue weighted by molar-refractivity contribution is 5.72. The summed E-state index contributed by atoms with van der Waals surface area (Å²) >= 11 is 0. The quantitative estimate of drug-likeness (QED) is 0.542. The maximum atomic E-state index is 13.7. The highest BCUT2D eigenvalue weighted by Gasteiger charge is 2.35. The van der Waals surface area contributed by atoms with E-state index in [4.69, 9.17) is 4.74 Å². The third-order valence-corrected chi connectivity index (χ3v) is 3.77. The number of alkyl halides is 1. The number of hydrogen-bond donors (Lipinski definition) is 0. The molecule has 0 unspecified atom stereocenters. The topological polar surface area (TPSA) is 26.3 Å². The molecule has 1 aliphatic carbocycles. The van der Waals surface area contributed by atoms with Gasteiger partial charge in [-0.25, -0.2) is 4.39 Å². The minimum Gasteiger partial charge on any atom is -0.465 e. The van der Waals surface area contributed by atoms with E-state index >= 15 is 0 Å². The number of hydrogen-bond acceptors (Lipinski definition) is 2. The number of rotatable bonds is 5. The first-order valence-corrected chi connectivity index (χ1v) is 6.80. The normalized spacial score (nSPS) is 25.6. The lowest BCUT2D eigenvalue weighted by Crippen LogP contribution is -2.32. The highest BCUT2D eigenvalue weighted by Crippen LogP contribution is 2.37. The van der Waals surface area contributed by atoms with E-state index < -0.39 is 5.67 Å². The summed E-state index contributed by atoms with van der Waals surface area (Å²) in [6, 6.07) is 0. The van der Waals surface area contributed by atoms with Crippen LogP contribution in [0.2, 0.25) is 0 Å². The molecule has 0 spiro atoms. The SMILES string of the molecule is CCCCOC(=O)C1CCC(C(C)(C)F)CC1. The third-order valence-electron chi connectivity index (χ3n) is 3.77. The lowest BCUT2D eigenvalue weighted by molar-refractivity contribution is -0.150. The van der Waals surface area contributed by atoms with E-state index in [-0.39, 0.29) is 17.8 Å². The van der Waals surface area contributed by atoms with Gasteiger partial charge in [-0.2, -0.15) is 0 Å². The van der Waals surface area contributed by atoms with Crippen molar-refractivity contribution in [2.45, 2.75) is 65.0 Å². The average Bonchev–Trinajstić information content (AvgIpc) is 2.28. The van der Waals surface area contributed by atoms with Crippen molar-refractivity contribution >= 4 is 5.97 Å². The van der Waals surface area contributed by atoms with E-state index in [9.17, 15) is 9.18 Å². The van der Waals surface area contributed by atoms with Crippen molar-refractivity contribution in [2.24, 2.45) is 11.8 Å². The molecule has 0 aromatic carbocycles. The van der Waals surface area contributed by atoms with Crippen molar-refractivity contribution in [3.63, 3.8) is 0 Å². The van der Waals surface area contributed by atoms with Crippen LogP contribution in [0.1, 0.15) is 59.3 Å². The van der Waals surface area contributed by atoms with E-state index in [1.54, 1.807) is 13.8 Å². The summed E-state index contributed by atoms with van der Waals surface area (Å²) in [6.45, 7) is 5.88. The van der Waals surface area contributed by atoms with Gasteiger partial charge in [0.25, 0.3) is 0 Å². The van der Waals surface area contributed by atoms with Gasteiger partial charge in [-0.3, -0.25) is 4.79 Å². The Balaban J connectivity index is 2.29. The van der Waals surface area contributed by atoms with Crippen molar-refractivity contribution in [1.82, 2.24) is 0 Å². The van der Waals surface area contributed by atoms with Gasteiger partial charge in [-0.1, -0.05) is 13.3 Å². The molecule has 0 aromatic rings. The Kier molecular flexibility index (Phi) is 5.41. The van der Waals surface area contributed by atoms with Crippen LogP contribution in [0.15, 0.2) is 0 Å². The van der Waals surface area contributed by atoms with Crippen molar-refractivity contribution < 1.29 is 13.9 Å². The number of carbonyl (C=O) groups is 1. The second-order valence-electron chi connectivity index (χ2n) is 5.63. The smallest absolute Gasteiger partial charge is 0.308 e. The van der Waals surface area contributed by atoms with Crippen LogP contribution in [0, 0.1) is 11.8 Å². The zero-order chi connectivity index (χ0) is 12.9. The van der Waals surface area contributed by atoms with Crippen LogP contribution in [0.4, 0.5) is 4.39 Å². The molecule has 100 valence electrons. The zero-order valence-corrected chi connectivity index (χ0v) is 11.3. The Labute approximate surface area is 104 Å². The molecule has 1 saturated carbocycles. The molecule has 0 amide bonds. The maximum absolute atomic E-state index is 13.7. The Morgan fingerprint density at radius 2 is 1.88 bits per heavy atom. The van der Waals surface area contributed by atoms with E-state index in [0.29, 0.717) is 6.61 Å². The molecule has 1 fully saturated rings. The van der Waals surface area contributed by atoms with Crippen molar-refractivity contribution in [3.05, 3.63) is 0 Å². The Bertz CT molecular complexity index is 237. The zero-order valence-electron chi connectivity index (χ0n) is 11.3. The van der Waals surface area contributed by atoms with Gasteiger partial charge < -0.3 is 4.74 Å². The van der Waals surface area contributed by atoms with Gasteiger partial charge in [-0.05, 0) is 51.9 Å². The molecule has 2 nitrogen and oxygen atoms in total. The second kappa shape index (κ2) is 6.36. The minimum absolute atomic E-state index is 0.00505. The lowest BCUT2D eigenvalue weighted by Gasteiger charge is -2.33. The van der Waals surface area contributed by atoms with Crippen LogP contribution in [-0.4, -0.2) is 18.2 Å². The molecule has 1 aliphatic rings. The first-order valence-electron chi connectivity index (χ1n) is 6.80. The fourth-order valence-corrected chi connectivity index (χ4v) is 2.45. The second-order valence-corrected chi connectivity index (χ2v) is 5.63. The fourth-order valence-electron chi connectivity index (χ4n) is 2.45. The van der Waals surface area contributed by atoms with E-state index in [0.717, 1.165) is 38.5 Å². The summed E-state index contributed by atoms with van der Waals surface area (Å²) in [7, 11) is 0. The molecule has 0 radical (unpaired) electrons. The van der Waals surface area contributed by atoms with E-state index in [2.05, 4.69) is 6.92 Å². The van der Waals surface area contributed by atoms with Crippen LogP contribution in [-0.2, 0) is 9.53 Å². The first-order chi connectivity index (χ1) is 7.95. The van der Waals surface area contributed by atoms with Crippen molar-refractivity contribution in [3.8, 4) is 0 Å². The summed E-state index contributed by atoms with van der Waals surface area (Å²) in [6.07, 6.45) is 5.13. The number of halogens is 1. The van der Waals surface area contributed by atoms with Gasteiger partial charge in [0.2, 0.25) is 0 Å². The monoisotopic (exact) mass is 244 g/mol. The Hall–Kier alpha value is -0.600. The molecule has 17 heavy (non-hydrogen) atoms. The van der Waals surface area contributed by atoms with E-state index in [1.165, 1.54) is 0 Å². The lowest BCUT2D eigenvalue weighted by atomic mass is 9.75. The predicted molar refractivity (Wildman–Crippen MR) is 66.5 cm³/mol. The molecule has 0 aliphatic heterocycles. The number of unbranched alkanes of at least 4 members (excludes halogenated alkanes) is 1. The maximum Gasteiger partial charge on any atom is 0.308 e. The summed E-state index contributed by atoms with van der Waals surface area (Å²) < 4.78 is 18.9. The summed E-state index contributed by atoms with van der Waals surface area (Å²) in [5.74, 6) is 0.0289. The van der Waals surface area contributed by atoms with Crippen LogP contribution in [0.5, 0.6) is 0 Å². The summed E-state index contributed by atoms with van der Waals surface area (Å²) in [5.41, 5.74) is -1.11. The fraction of sp³-hybridized carbons (Fsp3) is 0.929. The molecular weight excluding hydrogens is 219 g/mol. The molecule has 0 atom stereocenters. The van der Waals surface area contributed by atoms with E-state index in [1.807, 2.05) is 0 Å². The van der Waals surface area contributed by atoms with Crippen LogP contribution in [0.3, 0.4) is 0 Å². The largest absolute Gasteiger partial charge is 0.465 e. The molecule has 0 bridgehead atoms. The number of carbonyl (C=O) groups excluding carboxylic acids is 1. The van der Waals surface area contributed by atoms with Crippen molar-refractivity contribution in [1.29, 1.82) is 0 Å². The van der Waals surface area contributed by atoms with Crippen LogP contribution < -0.4 is 0 Å². The predicted octanol–water partition coefficient (Wildman–Crippen LogP) is 3.88. The highest BCUT2D eigenvalue weighted by atomic mass is 19.1. The van der Waals surface area contributed by atoms with Gasteiger partial charge >= 0.3 is 5.97 Å². The van der Waals surface area contributed by atoms with Gasteiger partial charge in [0, 0.05) is 0 Å². The molecule has 0 saturated heterocycles. The summed E-state index contributed by atoms with van der Waals surface area (Å²) in [4.78, 5) is 11.7. The number of esters is 1.